The SMILES string of the molecule is CCC1=Nc2c(c(=O)cc(Nc3ccccc3)n2-c2ccccc2)C=CC1/C=C(\C)C(=O)O. The van der Waals surface area contributed by atoms with Crippen molar-refractivity contribution in [3.05, 3.63) is 100 Å². The maximum absolute atomic E-state index is 13.2. The van der Waals surface area contributed by atoms with Gasteiger partial charge in [0.25, 0.3) is 0 Å². The van der Waals surface area contributed by atoms with E-state index < -0.39 is 5.97 Å². The number of nitrogens with one attached hydrogen (secondary N) is 1. The molecular weight excluding hydrogens is 414 g/mol. The lowest BCUT2D eigenvalue weighted by Gasteiger charge is -2.20. The second-order valence-corrected chi connectivity index (χ2v) is 7.79. The van der Waals surface area contributed by atoms with Crippen molar-refractivity contribution in [2.24, 2.45) is 10.9 Å². The van der Waals surface area contributed by atoms with E-state index in [-0.39, 0.29) is 16.9 Å². The van der Waals surface area contributed by atoms with Crippen LogP contribution in [-0.4, -0.2) is 21.4 Å². The summed E-state index contributed by atoms with van der Waals surface area (Å²) in [5, 5.41) is 12.7. The summed E-state index contributed by atoms with van der Waals surface area (Å²) in [4.78, 5) is 29.5. The number of aliphatic carboxylic acids is 1. The van der Waals surface area contributed by atoms with Crippen LogP contribution in [0.5, 0.6) is 0 Å². The van der Waals surface area contributed by atoms with Gasteiger partial charge in [0, 0.05) is 34.6 Å². The standard InChI is InChI=1S/C27H25N3O3/c1-3-23-19(16-18(2)27(32)33)14-15-22-24(31)17-25(28-20-10-6-4-7-11-20)30(26(22)29-23)21-12-8-5-9-13-21/h4-17,19,28H,3H2,1-2H3,(H,32,33)/b18-16+. The van der Waals surface area contributed by atoms with Crippen LogP contribution in [0.15, 0.2) is 94.2 Å². The Morgan fingerprint density at radius 3 is 2.42 bits per heavy atom. The Morgan fingerprint density at radius 1 is 1.12 bits per heavy atom. The average molecular weight is 440 g/mol. The number of benzene rings is 2. The summed E-state index contributed by atoms with van der Waals surface area (Å²) in [6.07, 6.45) is 5.89. The molecule has 6 heteroatoms. The van der Waals surface area contributed by atoms with E-state index in [0.717, 1.165) is 17.1 Å². The summed E-state index contributed by atoms with van der Waals surface area (Å²) in [7, 11) is 0. The van der Waals surface area contributed by atoms with Gasteiger partial charge >= 0.3 is 5.97 Å². The first kappa shape index (κ1) is 22.0. The molecule has 0 amide bonds. The number of carboxylic acid groups (broad SMARTS) is 1. The van der Waals surface area contributed by atoms with Crippen molar-refractivity contribution in [3.8, 4) is 5.69 Å². The Balaban J connectivity index is 1.96. The van der Waals surface area contributed by atoms with Crippen molar-refractivity contribution in [2.45, 2.75) is 20.3 Å². The highest BCUT2D eigenvalue weighted by molar-refractivity contribution is 5.96. The normalized spacial score (nSPS) is 15.4. The highest BCUT2D eigenvalue weighted by Crippen LogP contribution is 2.32. The van der Waals surface area contributed by atoms with Gasteiger partial charge in [0.05, 0.1) is 5.56 Å². The summed E-state index contributed by atoms with van der Waals surface area (Å²) in [5.74, 6) is -0.171. The van der Waals surface area contributed by atoms with Gasteiger partial charge in [0.2, 0.25) is 0 Å². The monoisotopic (exact) mass is 439 g/mol. The first-order chi connectivity index (χ1) is 16.0. The average Bonchev–Trinajstić information content (AvgIpc) is 3.00. The molecule has 1 aromatic heterocycles. The van der Waals surface area contributed by atoms with E-state index in [1.807, 2.05) is 78.2 Å². The number of aromatic nitrogens is 1. The Bertz CT molecular complexity index is 1320. The highest BCUT2D eigenvalue weighted by Gasteiger charge is 2.21. The van der Waals surface area contributed by atoms with Crippen LogP contribution in [0.1, 0.15) is 25.8 Å². The molecule has 4 rings (SSSR count). The summed E-state index contributed by atoms with van der Waals surface area (Å²) in [6, 6.07) is 20.9. The zero-order valence-corrected chi connectivity index (χ0v) is 18.5. The number of carbonyl (C=O) groups is 1. The maximum atomic E-state index is 13.2. The lowest BCUT2D eigenvalue weighted by atomic mass is 9.97. The number of anilines is 2. The van der Waals surface area contributed by atoms with E-state index in [2.05, 4.69) is 5.32 Å². The van der Waals surface area contributed by atoms with E-state index in [9.17, 15) is 14.7 Å². The third-order valence-corrected chi connectivity index (χ3v) is 5.52. The first-order valence-electron chi connectivity index (χ1n) is 10.8. The molecule has 0 radical (unpaired) electrons. The predicted molar refractivity (Wildman–Crippen MR) is 133 cm³/mol. The van der Waals surface area contributed by atoms with Gasteiger partial charge in [-0.2, -0.15) is 0 Å². The fourth-order valence-corrected chi connectivity index (χ4v) is 3.81. The summed E-state index contributed by atoms with van der Waals surface area (Å²) < 4.78 is 1.93. The van der Waals surface area contributed by atoms with Crippen LogP contribution in [0.2, 0.25) is 0 Å². The minimum absolute atomic E-state index is 0.161. The van der Waals surface area contributed by atoms with Crippen molar-refractivity contribution < 1.29 is 9.90 Å². The van der Waals surface area contributed by atoms with E-state index >= 15 is 0 Å². The number of allylic oxidation sites excluding steroid dienone is 2. The van der Waals surface area contributed by atoms with Crippen molar-refractivity contribution in [2.75, 3.05) is 5.32 Å². The second kappa shape index (κ2) is 9.53. The number of aliphatic imine (C=N–C) groups is 1. The topological polar surface area (TPSA) is 83.7 Å². The molecule has 0 aliphatic carbocycles. The Kier molecular flexibility index (Phi) is 6.36. The number of carboxylic acids is 1. The maximum Gasteiger partial charge on any atom is 0.330 e. The summed E-state index contributed by atoms with van der Waals surface area (Å²) in [6.45, 7) is 3.54. The molecule has 0 saturated heterocycles. The number of pyridine rings is 1. The van der Waals surface area contributed by atoms with Crippen molar-refractivity contribution in [3.63, 3.8) is 0 Å². The van der Waals surface area contributed by atoms with Gasteiger partial charge in [-0.3, -0.25) is 9.36 Å². The third kappa shape index (κ3) is 4.70. The Labute approximate surface area is 192 Å². The number of hydrogen-bond acceptors (Lipinski definition) is 4. The lowest BCUT2D eigenvalue weighted by molar-refractivity contribution is -0.132. The van der Waals surface area contributed by atoms with Crippen LogP contribution >= 0.6 is 0 Å². The molecule has 1 aliphatic heterocycles. The molecule has 1 aliphatic rings. The fourth-order valence-electron chi connectivity index (χ4n) is 3.81. The van der Waals surface area contributed by atoms with E-state index in [0.29, 0.717) is 23.6 Å². The van der Waals surface area contributed by atoms with Crippen LogP contribution in [-0.2, 0) is 4.79 Å². The number of fused-ring (bicyclic) bond motifs is 1. The van der Waals surface area contributed by atoms with Crippen LogP contribution < -0.4 is 10.7 Å². The van der Waals surface area contributed by atoms with Gasteiger partial charge in [-0.15, -0.1) is 0 Å². The zero-order chi connectivity index (χ0) is 23.4. The molecule has 33 heavy (non-hydrogen) atoms. The molecule has 3 aromatic rings. The van der Waals surface area contributed by atoms with Gasteiger partial charge in [0.15, 0.2) is 5.43 Å². The van der Waals surface area contributed by atoms with E-state index in [1.54, 1.807) is 25.1 Å². The minimum atomic E-state index is -0.973. The van der Waals surface area contributed by atoms with Crippen LogP contribution in [0.3, 0.4) is 0 Å². The second-order valence-electron chi connectivity index (χ2n) is 7.79. The van der Waals surface area contributed by atoms with Crippen LogP contribution in [0.4, 0.5) is 17.3 Å². The highest BCUT2D eigenvalue weighted by atomic mass is 16.4. The minimum Gasteiger partial charge on any atom is -0.478 e. The molecule has 2 heterocycles. The van der Waals surface area contributed by atoms with Gasteiger partial charge in [-0.05, 0) is 37.6 Å². The predicted octanol–water partition coefficient (Wildman–Crippen LogP) is 5.74. The number of hydrogen-bond donors (Lipinski definition) is 2. The molecule has 1 atom stereocenters. The molecule has 0 fully saturated rings. The number of rotatable bonds is 6. The molecular formula is C27H25N3O3. The smallest absolute Gasteiger partial charge is 0.330 e. The molecule has 1 unspecified atom stereocenters. The summed E-state index contributed by atoms with van der Waals surface area (Å²) >= 11 is 0. The lowest BCUT2D eigenvalue weighted by Crippen LogP contribution is -2.15. The Morgan fingerprint density at radius 2 is 1.79 bits per heavy atom. The molecule has 0 saturated carbocycles. The summed E-state index contributed by atoms with van der Waals surface area (Å²) in [5.41, 5.74) is 3.03. The molecule has 2 N–H and O–H groups in total. The number of nitrogens with zero attached hydrogens (tertiary/aromatic N) is 2. The quantitative estimate of drug-likeness (QED) is 0.480. The van der Waals surface area contributed by atoms with Crippen molar-refractivity contribution in [1.29, 1.82) is 0 Å². The van der Waals surface area contributed by atoms with Crippen LogP contribution in [0.25, 0.3) is 11.8 Å². The largest absolute Gasteiger partial charge is 0.478 e. The molecule has 2 aromatic carbocycles. The third-order valence-electron chi connectivity index (χ3n) is 5.52. The zero-order valence-electron chi connectivity index (χ0n) is 18.5. The van der Waals surface area contributed by atoms with Crippen LogP contribution in [0, 0.1) is 5.92 Å². The van der Waals surface area contributed by atoms with Gasteiger partial charge in [-0.1, -0.05) is 61.5 Å². The van der Waals surface area contributed by atoms with Gasteiger partial charge in [-0.25, -0.2) is 9.79 Å². The van der Waals surface area contributed by atoms with Crippen molar-refractivity contribution in [1.82, 2.24) is 4.57 Å². The first-order valence-corrected chi connectivity index (χ1v) is 10.8. The number of para-hydroxylation sites is 2. The Hall–Kier alpha value is -4.19. The molecule has 0 spiro atoms. The van der Waals surface area contributed by atoms with E-state index in [1.165, 1.54) is 0 Å². The fraction of sp³-hybridized carbons (Fsp3) is 0.148. The molecule has 166 valence electrons. The van der Waals surface area contributed by atoms with Gasteiger partial charge < -0.3 is 10.4 Å². The molecule has 0 bridgehead atoms. The van der Waals surface area contributed by atoms with E-state index in [4.69, 9.17) is 4.99 Å². The molecule has 6 nitrogen and oxygen atoms in total. The van der Waals surface area contributed by atoms with Gasteiger partial charge in [0.1, 0.15) is 11.6 Å². The van der Waals surface area contributed by atoms with Crippen molar-refractivity contribution >= 4 is 35.1 Å².